The maximum atomic E-state index is 10.2. The van der Waals surface area contributed by atoms with Crippen molar-refractivity contribution in [2.75, 3.05) is 0 Å². The number of amides is 1. The number of carbonyl (C=O) groups excluding carboxylic acids is 1. The Labute approximate surface area is 73.6 Å². The Hall–Kier alpha value is -1.51. The van der Waals surface area contributed by atoms with Crippen molar-refractivity contribution < 1.29 is 11.0 Å². The van der Waals surface area contributed by atoms with E-state index >= 15 is 0 Å². The van der Waals surface area contributed by atoms with Gasteiger partial charge in [-0.05, 0) is 12.1 Å². The molecule has 0 aliphatic heterocycles. The Morgan fingerprint density at radius 2 is 1.83 bits per heavy atom. The fourth-order valence-electron chi connectivity index (χ4n) is 0.605. The largest absolute Gasteiger partial charge is 0.411 e. The molecule has 2 N–H and O–H groups in total. The molecule has 0 fully saturated rings. The first-order chi connectivity index (χ1) is 5.79. The fraction of sp³-hybridized carbons (Fsp3) is 0.222. The Bertz CT molecular complexity index is 226. The van der Waals surface area contributed by atoms with Gasteiger partial charge in [-0.1, -0.05) is 32.0 Å². The molecular weight excluding hydrogens is 154 g/mol. The first-order valence-electron chi connectivity index (χ1n) is 3.81. The second-order valence-electron chi connectivity index (χ2n) is 1.73. The van der Waals surface area contributed by atoms with E-state index in [4.69, 9.17) is 5.73 Å². The van der Waals surface area contributed by atoms with Gasteiger partial charge in [0, 0.05) is 1.43 Å². The van der Waals surface area contributed by atoms with Crippen LogP contribution in [0.1, 0.15) is 15.3 Å². The lowest BCUT2D eigenvalue weighted by atomic mass is 10.3. The van der Waals surface area contributed by atoms with Crippen LogP contribution in [0.5, 0.6) is 5.75 Å². The minimum atomic E-state index is -0.786. The van der Waals surface area contributed by atoms with Crippen LogP contribution in [0, 0.1) is 0 Å². The molecule has 0 aromatic heterocycles. The highest BCUT2D eigenvalue weighted by Crippen LogP contribution is 2.07. The fourth-order valence-corrected chi connectivity index (χ4v) is 0.605. The molecule has 1 rings (SSSR count). The molecule has 0 saturated heterocycles. The first kappa shape index (κ1) is 10.5. The molecular formula is C9H15NO2. The van der Waals surface area contributed by atoms with Gasteiger partial charge in [0.25, 0.3) is 0 Å². The third-order valence-electron chi connectivity index (χ3n) is 0.962. The van der Waals surface area contributed by atoms with Crippen LogP contribution < -0.4 is 10.5 Å². The van der Waals surface area contributed by atoms with Crippen molar-refractivity contribution in [3.8, 4) is 5.75 Å². The van der Waals surface area contributed by atoms with Crippen LogP contribution in [0.2, 0.25) is 0 Å². The molecule has 0 atom stereocenters. The van der Waals surface area contributed by atoms with Crippen molar-refractivity contribution in [3.63, 3.8) is 0 Å². The Morgan fingerprint density at radius 3 is 2.25 bits per heavy atom. The van der Waals surface area contributed by atoms with Gasteiger partial charge in [-0.2, -0.15) is 0 Å². The van der Waals surface area contributed by atoms with E-state index < -0.39 is 6.09 Å². The zero-order chi connectivity index (χ0) is 9.40. The monoisotopic (exact) mass is 169 g/mol. The number of nitrogens with two attached hydrogens (primary N) is 1. The number of para-hydroxylation sites is 1. The number of hydrogen-bond donors (Lipinski definition) is 1. The topological polar surface area (TPSA) is 52.3 Å². The minimum absolute atomic E-state index is 0. The summed E-state index contributed by atoms with van der Waals surface area (Å²) < 4.78 is 4.55. The molecule has 3 nitrogen and oxygen atoms in total. The standard InChI is InChI=1S/C7H7NO2.C2H6.H2/c8-7(9)10-6-4-2-1-3-5-6;1-2;/h1-5H,(H2,8,9);1-2H3;1H. The molecule has 1 aromatic rings. The number of rotatable bonds is 1. The highest BCUT2D eigenvalue weighted by atomic mass is 16.5. The van der Waals surface area contributed by atoms with Crippen molar-refractivity contribution in [3.05, 3.63) is 30.3 Å². The SMILES string of the molecule is CC.NC(=O)Oc1ccccc1.[HH]. The van der Waals surface area contributed by atoms with E-state index in [9.17, 15) is 4.79 Å². The van der Waals surface area contributed by atoms with Gasteiger partial charge in [-0.25, -0.2) is 4.79 Å². The summed E-state index contributed by atoms with van der Waals surface area (Å²) in [5.41, 5.74) is 4.76. The van der Waals surface area contributed by atoms with Gasteiger partial charge in [-0.15, -0.1) is 0 Å². The molecule has 0 unspecified atom stereocenters. The average molecular weight is 169 g/mol. The summed E-state index contributed by atoms with van der Waals surface area (Å²) in [6.07, 6.45) is -0.786. The number of ether oxygens (including phenoxy) is 1. The lowest BCUT2D eigenvalue weighted by molar-refractivity contribution is 0.211. The molecule has 3 heteroatoms. The maximum absolute atomic E-state index is 10.2. The Morgan fingerprint density at radius 1 is 1.33 bits per heavy atom. The van der Waals surface area contributed by atoms with Crippen LogP contribution >= 0.6 is 0 Å². The van der Waals surface area contributed by atoms with Gasteiger partial charge in [0.15, 0.2) is 0 Å². The highest BCUT2D eigenvalue weighted by molar-refractivity contribution is 5.67. The lowest BCUT2D eigenvalue weighted by Gasteiger charge is -1.96. The second kappa shape index (κ2) is 6.22. The molecule has 0 aliphatic carbocycles. The van der Waals surface area contributed by atoms with E-state index in [-0.39, 0.29) is 1.43 Å². The quantitative estimate of drug-likeness (QED) is 0.701. The van der Waals surface area contributed by atoms with E-state index in [0.29, 0.717) is 5.75 Å². The summed E-state index contributed by atoms with van der Waals surface area (Å²) in [4.78, 5) is 10.2. The van der Waals surface area contributed by atoms with Crippen molar-refractivity contribution >= 4 is 6.09 Å². The summed E-state index contributed by atoms with van der Waals surface area (Å²) in [5, 5.41) is 0. The Balaban J connectivity index is 0. The van der Waals surface area contributed by atoms with E-state index in [1.807, 2.05) is 19.9 Å². The molecule has 0 spiro atoms. The second-order valence-corrected chi connectivity index (χ2v) is 1.73. The van der Waals surface area contributed by atoms with Gasteiger partial charge >= 0.3 is 6.09 Å². The molecule has 68 valence electrons. The third kappa shape index (κ3) is 4.33. The predicted octanol–water partition coefficient (Wildman–Crippen LogP) is 2.42. The van der Waals surface area contributed by atoms with Gasteiger partial charge in [0.1, 0.15) is 5.75 Å². The minimum Gasteiger partial charge on any atom is -0.411 e. The van der Waals surface area contributed by atoms with Crippen molar-refractivity contribution in [1.82, 2.24) is 0 Å². The normalized spacial score (nSPS) is 7.83. The molecule has 0 saturated carbocycles. The average Bonchev–Trinajstić information content (AvgIpc) is 2.08. The zero-order valence-corrected chi connectivity index (χ0v) is 7.28. The van der Waals surface area contributed by atoms with Crippen LogP contribution in [0.4, 0.5) is 4.79 Å². The molecule has 0 radical (unpaired) electrons. The van der Waals surface area contributed by atoms with Crippen molar-refractivity contribution in [2.24, 2.45) is 5.73 Å². The van der Waals surface area contributed by atoms with E-state index in [2.05, 4.69) is 4.74 Å². The molecule has 1 aromatic carbocycles. The summed E-state index contributed by atoms with van der Waals surface area (Å²) >= 11 is 0. The van der Waals surface area contributed by atoms with Crippen molar-refractivity contribution in [2.45, 2.75) is 13.8 Å². The van der Waals surface area contributed by atoms with E-state index in [1.54, 1.807) is 24.3 Å². The van der Waals surface area contributed by atoms with Crippen LogP contribution in [-0.4, -0.2) is 6.09 Å². The van der Waals surface area contributed by atoms with Crippen LogP contribution in [0.15, 0.2) is 30.3 Å². The zero-order valence-electron chi connectivity index (χ0n) is 7.28. The molecule has 0 bridgehead atoms. The summed E-state index contributed by atoms with van der Waals surface area (Å²) in [6.45, 7) is 4.00. The van der Waals surface area contributed by atoms with E-state index in [0.717, 1.165) is 0 Å². The smallest absolute Gasteiger partial charge is 0.409 e. The van der Waals surface area contributed by atoms with Gasteiger partial charge < -0.3 is 10.5 Å². The first-order valence-corrected chi connectivity index (χ1v) is 3.81. The molecule has 0 heterocycles. The summed E-state index contributed by atoms with van der Waals surface area (Å²) in [5.74, 6) is 0.468. The number of benzene rings is 1. The van der Waals surface area contributed by atoms with Crippen LogP contribution in [0.25, 0.3) is 0 Å². The maximum Gasteiger partial charge on any atom is 0.409 e. The molecule has 12 heavy (non-hydrogen) atoms. The van der Waals surface area contributed by atoms with Crippen LogP contribution in [-0.2, 0) is 0 Å². The van der Waals surface area contributed by atoms with Crippen LogP contribution in [0.3, 0.4) is 0 Å². The number of carbonyl (C=O) groups is 1. The van der Waals surface area contributed by atoms with Gasteiger partial charge in [-0.3, -0.25) is 0 Å². The Kier molecular flexibility index (Phi) is 5.43. The van der Waals surface area contributed by atoms with E-state index in [1.165, 1.54) is 0 Å². The summed E-state index contributed by atoms with van der Waals surface area (Å²) in [7, 11) is 0. The third-order valence-corrected chi connectivity index (χ3v) is 0.962. The number of hydrogen-bond acceptors (Lipinski definition) is 2. The number of primary amides is 1. The van der Waals surface area contributed by atoms with Gasteiger partial charge in [0.2, 0.25) is 0 Å². The van der Waals surface area contributed by atoms with Gasteiger partial charge in [0.05, 0.1) is 0 Å². The molecule has 0 aliphatic rings. The summed E-state index contributed by atoms with van der Waals surface area (Å²) in [6, 6.07) is 8.67. The van der Waals surface area contributed by atoms with Crippen molar-refractivity contribution in [1.29, 1.82) is 0 Å². The predicted molar refractivity (Wildman–Crippen MR) is 50.1 cm³/mol. The lowest BCUT2D eigenvalue weighted by Crippen LogP contribution is -2.15. The molecule has 1 amide bonds. The highest BCUT2D eigenvalue weighted by Gasteiger charge is 1.93.